The van der Waals surface area contributed by atoms with Gasteiger partial charge in [0.1, 0.15) is 23.1 Å². The van der Waals surface area contributed by atoms with Crippen LogP contribution < -0.4 is 20.1 Å². The van der Waals surface area contributed by atoms with E-state index >= 15 is 0 Å². The maximum atomic E-state index is 12.6. The molecule has 3 aromatic carbocycles. The van der Waals surface area contributed by atoms with Crippen molar-refractivity contribution in [3.8, 4) is 17.6 Å². The Morgan fingerprint density at radius 3 is 2.47 bits per heavy atom. The summed E-state index contributed by atoms with van der Waals surface area (Å²) < 4.78 is 10.9. The molecule has 0 heterocycles. The van der Waals surface area contributed by atoms with Crippen LogP contribution in [0.1, 0.15) is 11.1 Å². The van der Waals surface area contributed by atoms with E-state index in [-0.39, 0.29) is 17.9 Å². The summed E-state index contributed by atoms with van der Waals surface area (Å²) in [6.07, 6.45) is 1.36. The van der Waals surface area contributed by atoms with Crippen LogP contribution in [0.25, 0.3) is 6.08 Å². The molecule has 172 valence electrons. The van der Waals surface area contributed by atoms with Crippen molar-refractivity contribution in [2.45, 2.75) is 6.92 Å². The van der Waals surface area contributed by atoms with Crippen molar-refractivity contribution in [1.29, 1.82) is 5.26 Å². The Bertz CT molecular complexity index is 1260. The van der Waals surface area contributed by atoms with Gasteiger partial charge in [-0.05, 0) is 55.5 Å². The van der Waals surface area contributed by atoms with E-state index in [4.69, 9.17) is 21.1 Å². The number of nitrogens with one attached hydrogen (secondary N) is 2. The number of rotatable bonds is 8. The summed E-state index contributed by atoms with van der Waals surface area (Å²) in [6, 6.07) is 20.8. The highest BCUT2D eigenvalue weighted by atomic mass is 35.5. The molecule has 0 atom stereocenters. The normalized spacial score (nSPS) is 10.7. The molecule has 0 fully saturated rings. The molecule has 0 saturated heterocycles. The SMILES string of the molecule is COc1ccccc1NC(=O)COc1ccc(Cl)cc1/C=C(/C#N)C(=O)Nc1ccc(C)cc1. The largest absolute Gasteiger partial charge is 0.495 e. The summed E-state index contributed by atoms with van der Waals surface area (Å²) in [5.74, 6) is -0.183. The van der Waals surface area contributed by atoms with Gasteiger partial charge in [0.15, 0.2) is 6.61 Å². The highest BCUT2D eigenvalue weighted by molar-refractivity contribution is 6.30. The standard InChI is InChI=1S/C26H22ClN3O4/c1-17-7-10-21(11-8-17)29-26(32)19(15-28)13-18-14-20(27)9-12-23(18)34-16-25(31)30-22-5-3-4-6-24(22)33-2/h3-14H,16H2,1-2H3,(H,29,32)(H,30,31)/b19-13-. The van der Waals surface area contributed by atoms with Crippen LogP contribution in [-0.4, -0.2) is 25.5 Å². The van der Waals surface area contributed by atoms with Gasteiger partial charge in [0.2, 0.25) is 0 Å². The van der Waals surface area contributed by atoms with Crippen molar-refractivity contribution in [3.63, 3.8) is 0 Å². The van der Waals surface area contributed by atoms with Gasteiger partial charge in [-0.1, -0.05) is 41.4 Å². The molecule has 0 aliphatic rings. The second-order valence-electron chi connectivity index (χ2n) is 7.21. The molecule has 0 bridgehead atoms. The first-order chi connectivity index (χ1) is 16.4. The number of carbonyl (C=O) groups excluding carboxylic acids is 2. The molecule has 7 nitrogen and oxygen atoms in total. The molecule has 3 aromatic rings. The predicted octanol–water partition coefficient (Wildman–Crippen LogP) is 5.22. The first-order valence-corrected chi connectivity index (χ1v) is 10.6. The number of halogens is 1. The number of benzene rings is 3. The fourth-order valence-corrected chi connectivity index (χ4v) is 3.16. The number of para-hydroxylation sites is 2. The number of hydrogen-bond acceptors (Lipinski definition) is 5. The monoisotopic (exact) mass is 475 g/mol. The third-order valence-corrected chi connectivity index (χ3v) is 4.92. The van der Waals surface area contributed by atoms with Gasteiger partial charge in [-0.2, -0.15) is 5.26 Å². The maximum absolute atomic E-state index is 12.6. The average Bonchev–Trinajstić information content (AvgIpc) is 2.83. The first-order valence-electron chi connectivity index (χ1n) is 10.2. The van der Waals surface area contributed by atoms with Crippen LogP contribution in [-0.2, 0) is 9.59 Å². The van der Waals surface area contributed by atoms with Crippen LogP contribution in [0.4, 0.5) is 11.4 Å². The molecular formula is C26H22ClN3O4. The number of aryl methyl sites for hydroxylation is 1. The fourth-order valence-electron chi connectivity index (χ4n) is 2.98. The Hall–Kier alpha value is -4.28. The molecule has 2 N–H and O–H groups in total. The minimum absolute atomic E-state index is 0.147. The quantitative estimate of drug-likeness (QED) is 0.343. The molecule has 0 aliphatic heterocycles. The van der Waals surface area contributed by atoms with Crippen LogP contribution in [0.15, 0.2) is 72.3 Å². The van der Waals surface area contributed by atoms with Crippen molar-refractivity contribution >= 4 is 40.9 Å². The smallest absolute Gasteiger partial charge is 0.266 e. The van der Waals surface area contributed by atoms with E-state index in [1.54, 1.807) is 54.6 Å². The van der Waals surface area contributed by atoms with Crippen LogP contribution >= 0.6 is 11.6 Å². The van der Waals surface area contributed by atoms with Crippen molar-refractivity contribution in [2.24, 2.45) is 0 Å². The molecule has 0 spiro atoms. The topological polar surface area (TPSA) is 100 Å². The van der Waals surface area contributed by atoms with Crippen LogP contribution in [0.3, 0.4) is 0 Å². The zero-order valence-electron chi connectivity index (χ0n) is 18.6. The second kappa shape index (κ2) is 11.5. The summed E-state index contributed by atoms with van der Waals surface area (Å²) in [6.45, 7) is 1.63. The maximum Gasteiger partial charge on any atom is 0.266 e. The number of anilines is 2. The van der Waals surface area contributed by atoms with E-state index < -0.39 is 11.8 Å². The number of nitriles is 1. The molecule has 0 unspecified atom stereocenters. The molecule has 8 heteroatoms. The van der Waals surface area contributed by atoms with E-state index in [0.29, 0.717) is 27.7 Å². The molecule has 34 heavy (non-hydrogen) atoms. The number of methoxy groups -OCH3 is 1. The number of ether oxygens (including phenoxy) is 2. The van der Waals surface area contributed by atoms with E-state index in [0.717, 1.165) is 5.56 Å². The van der Waals surface area contributed by atoms with Crippen LogP contribution in [0.2, 0.25) is 5.02 Å². The van der Waals surface area contributed by atoms with Gasteiger partial charge in [-0.15, -0.1) is 0 Å². The third-order valence-electron chi connectivity index (χ3n) is 4.69. The van der Waals surface area contributed by atoms with Crippen molar-refractivity contribution in [2.75, 3.05) is 24.4 Å². The Kier molecular flexibility index (Phi) is 8.27. The first kappa shape index (κ1) is 24.4. The average molecular weight is 476 g/mol. The molecule has 0 aromatic heterocycles. The Morgan fingerprint density at radius 2 is 1.76 bits per heavy atom. The van der Waals surface area contributed by atoms with Gasteiger partial charge in [-0.3, -0.25) is 9.59 Å². The predicted molar refractivity (Wildman–Crippen MR) is 132 cm³/mol. The van der Waals surface area contributed by atoms with Gasteiger partial charge >= 0.3 is 0 Å². The molecule has 0 radical (unpaired) electrons. The highest BCUT2D eigenvalue weighted by Gasteiger charge is 2.14. The molecule has 0 aliphatic carbocycles. The lowest BCUT2D eigenvalue weighted by atomic mass is 10.1. The number of amides is 2. The lowest BCUT2D eigenvalue weighted by Crippen LogP contribution is -2.20. The summed E-state index contributed by atoms with van der Waals surface area (Å²) in [4.78, 5) is 25.0. The molecule has 0 saturated carbocycles. The second-order valence-corrected chi connectivity index (χ2v) is 7.65. The summed E-state index contributed by atoms with van der Waals surface area (Å²) in [7, 11) is 1.51. The minimum atomic E-state index is -0.578. The number of hydrogen-bond donors (Lipinski definition) is 2. The molecular weight excluding hydrogens is 454 g/mol. The van der Waals surface area contributed by atoms with Crippen LogP contribution in [0.5, 0.6) is 11.5 Å². The van der Waals surface area contributed by atoms with Gasteiger partial charge in [-0.25, -0.2) is 0 Å². The lowest BCUT2D eigenvalue weighted by molar-refractivity contribution is -0.118. The zero-order valence-corrected chi connectivity index (χ0v) is 19.3. The molecule has 3 rings (SSSR count). The van der Waals surface area contributed by atoms with Crippen molar-refractivity contribution in [1.82, 2.24) is 0 Å². The lowest BCUT2D eigenvalue weighted by Gasteiger charge is -2.12. The van der Waals surface area contributed by atoms with Gasteiger partial charge in [0.25, 0.3) is 11.8 Å². The van der Waals surface area contributed by atoms with Gasteiger partial charge in [0.05, 0.1) is 12.8 Å². The highest BCUT2D eigenvalue weighted by Crippen LogP contribution is 2.26. The summed E-state index contributed by atoms with van der Waals surface area (Å²) in [5.41, 5.74) is 2.35. The number of nitrogens with zero attached hydrogens (tertiary/aromatic N) is 1. The number of carbonyl (C=O) groups is 2. The summed E-state index contributed by atoms with van der Waals surface area (Å²) >= 11 is 6.11. The van der Waals surface area contributed by atoms with Crippen molar-refractivity contribution in [3.05, 3.63) is 88.5 Å². The molecule has 2 amide bonds. The van der Waals surface area contributed by atoms with Gasteiger partial charge < -0.3 is 20.1 Å². The van der Waals surface area contributed by atoms with E-state index in [2.05, 4.69) is 10.6 Å². The Balaban J connectivity index is 1.74. The zero-order chi connectivity index (χ0) is 24.5. The third kappa shape index (κ3) is 6.61. The van der Waals surface area contributed by atoms with E-state index in [1.807, 2.05) is 25.1 Å². The van der Waals surface area contributed by atoms with Gasteiger partial charge in [0, 0.05) is 16.3 Å². The Morgan fingerprint density at radius 1 is 1.03 bits per heavy atom. The van der Waals surface area contributed by atoms with Crippen LogP contribution in [0, 0.1) is 18.3 Å². The fraction of sp³-hybridized carbons (Fsp3) is 0.115. The minimum Gasteiger partial charge on any atom is -0.495 e. The Labute approximate surface area is 202 Å². The van der Waals surface area contributed by atoms with E-state index in [9.17, 15) is 14.9 Å². The van der Waals surface area contributed by atoms with Crippen molar-refractivity contribution < 1.29 is 19.1 Å². The summed E-state index contributed by atoms with van der Waals surface area (Å²) in [5, 5.41) is 15.3. The van der Waals surface area contributed by atoms with E-state index in [1.165, 1.54) is 13.2 Å².